The number of sulfonamides is 1. The Morgan fingerprint density at radius 1 is 1.23 bits per heavy atom. The second-order valence-electron chi connectivity index (χ2n) is 6.49. The van der Waals surface area contributed by atoms with Crippen LogP contribution in [0.15, 0.2) is 23.2 Å². The fourth-order valence-electron chi connectivity index (χ4n) is 3.27. The standard InChI is InChI=1S/C17H20ClN3O4S/c1-20(10-12-11-21-5-3-2-4-17(21)19-12)26(22,23)16-9-15-14(8-13(16)18)24-6-7-25-15/h8-9,11H,2-7,10H2,1H3. The minimum atomic E-state index is -3.79. The molecular formula is C17H20ClN3O4S. The van der Waals surface area contributed by atoms with Crippen molar-refractivity contribution in [2.45, 2.75) is 37.2 Å². The van der Waals surface area contributed by atoms with Gasteiger partial charge in [0.15, 0.2) is 11.5 Å². The second-order valence-corrected chi connectivity index (χ2v) is 8.91. The molecule has 1 aromatic heterocycles. The summed E-state index contributed by atoms with van der Waals surface area (Å²) in [7, 11) is -2.26. The third-order valence-electron chi connectivity index (χ3n) is 4.63. The lowest BCUT2D eigenvalue weighted by Crippen LogP contribution is -2.27. The summed E-state index contributed by atoms with van der Waals surface area (Å²) in [5.41, 5.74) is 0.738. The maximum absolute atomic E-state index is 13.0. The van der Waals surface area contributed by atoms with Crippen LogP contribution in [0.1, 0.15) is 24.4 Å². The molecule has 0 fully saturated rings. The Labute approximate surface area is 157 Å². The molecule has 7 nitrogen and oxygen atoms in total. The fourth-order valence-corrected chi connectivity index (χ4v) is 4.92. The quantitative estimate of drug-likeness (QED) is 0.792. The predicted molar refractivity (Wildman–Crippen MR) is 96.3 cm³/mol. The maximum atomic E-state index is 13.0. The molecule has 140 valence electrons. The molecule has 2 aliphatic rings. The predicted octanol–water partition coefficient (Wildman–Crippen LogP) is 2.46. The molecule has 2 aromatic rings. The molecule has 0 N–H and O–H groups in total. The number of fused-ring (bicyclic) bond motifs is 2. The van der Waals surface area contributed by atoms with Gasteiger partial charge >= 0.3 is 0 Å². The van der Waals surface area contributed by atoms with Gasteiger partial charge in [-0.3, -0.25) is 0 Å². The van der Waals surface area contributed by atoms with Crippen molar-refractivity contribution in [3.8, 4) is 11.5 Å². The molecule has 3 heterocycles. The zero-order chi connectivity index (χ0) is 18.3. The number of ether oxygens (including phenoxy) is 2. The molecule has 0 radical (unpaired) electrons. The van der Waals surface area contributed by atoms with E-state index in [1.54, 1.807) is 0 Å². The van der Waals surface area contributed by atoms with Crippen molar-refractivity contribution >= 4 is 21.6 Å². The lowest BCUT2D eigenvalue weighted by Gasteiger charge is -2.22. The SMILES string of the molecule is CN(Cc1cn2c(n1)CCCC2)S(=O)(=O)c1cc2c(cc1Cl)OCCO2. The van der Waals surface area contributed by atoms with Crippen LogP contribution >= 0.6 is 11.6 Å². The van der Waals surface area contributed by atoms with E-state index in [-0.39, 0.29) is 16.5 Å². The van der Waals surface area contributed by atoms with Crippen LogP contribution in [0.5, 0.6) is 11.5 Å². The molecule has 2 aliphatic heterocycles. The van der Waals surface area contributed by atoms with E-state index in [9.17, 15) is 8.42 Å². The highest BCUT2D eigenvalue weighted by molar-refractivity contribution is 7.89. The average molecular weight is 398 g/mol. The number of nitrogens with zero attached hydrogens (tertiary/aromatic N) is 3. The number of hydrogen-bond acceptors (Lipinski definition) is 5. The number of halogens is 1. The Bertz CT molecular complexity index is 918. The first kappa shape index (κ1) is 17.6. The van der Waals surface area contributed by atoms with E-state index >= 15 is 0 Å². The molecule has 26 heavy (non-hydrogen) atoms. The van der Waals surface area contributed by atoms with E-state index < -0.39 is 10.0 Å². The Kier molecular flexibility index (Phi) is 4.58. The van der Waals surface area contributed by atoms with Crippen molar-refractivity contribution in [2.75, 3.05) is 20.3 Å². The van der Waals surface area contributed by atoms with Gasteiger partial charge in [-0.15, -0.1) is 0 Å². The van der Waals surface area contributed by atoms with Crippen molar-refractivity contribution in [3.63, 3.8) is 0 Å². The fraction of sp³-hybridized carbons (Fsp3) is 0.471. The minimum Gasteiger partial charge on any atom is -0.486 e. The van der Waals surface area contributed by atoms with Crippen LogP contribution in [-0.4, -0.2) is 42.5 Å². The van der Waals surface area contributed by atoms with Gasteiger partial charge in [-0.1, -0.05) is 11.6 Å². The van der Waals surface area contributed by atoms with Crippen molar-refractivity contribution < 1.29 is 17.9 Å². The Morgan fingerprint density at radius 3 is 2.69 bits per heavy atom. The number of aromatic nitrogens is 2. The van der Waals surface area contributed by atoms with Crippen LogP contribution in [0, 0.1) is 0 Å². The first-order chi connectivity index (χ1) is 12.4. The van der Waals surface area contributed by atoms with Crippen molar-refractivity contribution in [1.29, 1.82) is 0 Å². The number of aryl methyl sites for hydroxylation is 2. The normalized spacial score (nSPS) is 16.6. The number of hydrogen-bond donors (Lipinski definition) is 0. The molecule has 4 rings (SSSR count). The summed E-state index contributed by atoms with van der Waals surface area (Å²) in [6.07, 6.45) is 5.12. The lowest BCUT2D eigenvalue weighted by molar-refractivity contribution is 0.171. The summed E-state index contributed by atoms with van der Waals surface area (Å²) in [6.45, 7) is 1.92. The van der Waals surface area contributed by atoms with E-state index in [1.165, 1.54) is 23.5 Å². The van der Waals surface area contributed by atoms with Crippen molar-refractivity contribution in [2.24, 2.45) is 0 Å². The number of benzene rings is 1. The molecule has 1 aromatic carbocycles. The van der Waals surface area contributed by atoms with Crippen molar-refractivity contribution in [1.82, 2.24) is 13.9 Å². The van der Waals surface area contributed by atoms with Gasteiger partial charge in [-0.2, -0.15) is 4.31 Å². The van der Waals surface area contributed by atoms with E-state index in [2.05, 4.69) is 9.55 Å². The average Bonchev–Trinajstić information content (AvgIpc) is 3.03. The highest BCUT2D eigenvalue weighted by Gasteiger charge is 2.28. The summed E-state index contributed by atoms with van der Waals surface area (Å²) < 4.78 is 40.3. The molecule has 0 atom stereocenters. The number of rotatable bonds is 4. The molecule has 0 unspecified atom stereocenters. The maximum Gasteiger partial charge on any atom is 0.244 e. The molecular weight excluding hydrogens is 378 g/mol. The van der Waals surface area contributed by atoms with Gasteiger partial charge in [0.2, 0.25) is 10.0 Å². The van der Waals surface area contributed by atoms with E-state index in [1.807, 2.05) is 6.20 Å². The molecule has 0 aliphatic carbocycles. The summed E-state index contributed by atoms with van der Waals surface area (Å²) in [5.74, 6) is 1.88. The van der Waals surface area contributed by atoms with E-state index in [0.29, 0.717) is 24.7 Å². The van der Waals surface area contributed by atoms with Crippen LogP contribution in [-0.2, 0) is 29.5 Å². The first-order valence-corrected chi connectivity index (χ1v) is 10.4. The van der Waals surface area contributed by atoms with Gasteiger partial charge in [0.05, 0.1) is 17.3 Å². The molecule has 0 amide bonds. The third-order valence-corrected chi connectivity index (χ3v) is 6.90. The van der Waals surface area contributed by atoms with Crippen LogP contribution < -0.4 is 9.47 Å². The van der Waals surface area contributed by atoms with Crippen LogP contribution in [0.3, 0.4) is 0 Å². The van der Waals surface area contributed by atoms with E-state index in [0.717, 1.165) is 37.3 Å². The molecule has 9 heteroatoms. The Hall–Kier alpha value is -1.77. The van der Waals surface area contributed by atoms with Crippen LogP contribution in [0.2, 0.25) is 5.02 Å². The van der Waals surface area contributed by atoms with E-state index in [4.69, 9.17) is 21.1 Å². The summed E-state index contributed by atoms with van der Waals surface area (Å²) in [4.78, 5) is 4.58. The van der Waals surface area contributed by atoms with Gasteiger partial charge in [-0.05, 0) is 12.8 Å². The van der Waals surface area contributed by atoms with Gasteiger partial charge in [0.25, 0.3) is 0 Å². The van der Waals surface area contributed by atoms with Gasteiger partial charge < -0.3 is 14.0 Å². The van der Waals surface area contributed by atoms with Crippen LogP contribution in [0.25, 0.3) is 0 Å². The Balaban J connectivity index is 1.60. The zero-order valence-corrected chi connectivity index (χ0v) is 16.0. The molecule has 0 bridgehead atoms. The molecule has 0 spiro atoms. The minimum absolute atomic E-state index is 0.00916. The smallest absolute Gasteiger partial charge is 0.244 e. The van der Waals surface area contributed by atoms with Gasteiger partial charge in [-0.25, -0.2) is 13.4 Å². The lowest BCUT2D eigenvalue weighted by atomic mass is 10.2. The van der Waals surface area contributed by atoms with Gasteiger partial charge in [0, 0.05) is 38.3 Å². The second kappa shape index (κ2) is 6.75. The highest BCUT2D eigenvalue weighted by Crippen LogP contribution is 2.38. The number of imidazole rings is 1. The third kappa shape index (κ3) is 3.17. The Morgan fingerprint density at radius 2 is 1.96 bits per heavy atom. The molecule has 0 saturated heterocycles. The van der Waals surface area contributed by atoms with Crippen LogP contribution in [0.4, 0.5) is 0 Å². The summed E-state index contributed by atoms with van der Waals surface area (Å²) >= 11 is 6.21. The first-order valence-electron chi connectivity index (χ1n) is 8.55. The summed E-state index contributed by atoms with van der Waals surface area (Å²) in [5, 5.41) is 0.116. The monoisotopic (exact) mass is 397 g/mol. The van der Waals surface area contributed by atoms with Gasteiger partial charge in [0.1, 0.15) is 23.9 Å². The zero-order valence-electron chi connectivity index (χ0n) is 14.4. The topological polar surface area (TPSA) is 73.7 Å². The summed E-state index contributed by atoms with van der Waals surface area (Å²) in [6, 6.07) is 2.92. The highest BCUT2D eigenvalue weighted by atomic mass is 35.5. The van der Waals surface area contributed by atoms with Crippen molar-refractivity contribution in [3.05, 3.63) is 34.9 Å². The largest absolute Gasteiger partial charge is 0.486 e. The molecule has 0 saturated carbocycles.